The van der Waals surface area contributed by atoms with Crippen molar-refractivity contribution in [1.82, 2.24) is 10.7 Å². The molecule has 15 heavy (non-hydrogen) atoms. The van der Waals surface area contributed by atoms with Crippen molar-refractivity contribution >= 4 is 0 Å². The summed E-state index contributed by atoms with van der Waals surface area (Å²) < 4.78 is 0. The van der Waals surface area contributed by atoms with E-state index in [9.17, 15) is 0 Å². The summed E-state index contributed by atoms with van der Waals surface area (Å²) in [7, 11) is 0. The number of nitrogens with one attached hydrogen (secondary N) is 2. The smallest absolute Gasteiger partial charge is 0.0320 e. The van der Waals surface area contributed by atoms with Gasteiger partial charge in [-0.1, -0.05) is 27.7 Å². The van der Waals surface area contributed by atoms with Crippen LogP contribution in [0.25, 0.3) is 0 Å². The summed E-state index contributed by atoms with van der Waals surface area (Å²) in [5.41, 5.74) is 5.70. The molecular weight excluding hydrogens is 186 g/mol. The SMILES string of the molecule is CCC1CCNC/C1=C(/NN)C(C)(C)C. The largest absolute Gasteiger partial charge is 0.328 e. The van der Waals surface area contributed by atoms with Gasteiger partial charge in [-0.2, -0.15) is 0 Å². The van der Waals surface area contributed by atoms with Crippen LogP contribution in [0.5, 0.6) is 0 Å². The van der Waals surface area contributed by atoms with E-state index in [0.717, 1.165) is 13.1 Å². The minimum Gasteiger partial charge on any atom is -0.328 e. The van der Waals surface area contributed by atoms with Crippen LogP contribution < -0.4 is 16.6 Å². The fourth-order valence-electron chi connectivity index (χ4n) is 2.35. The molecule has 0 spiro atoms. The lowest BCUT2D eigenvalue weighted by Gasteiger charge is -2.33. The Kier molecular flexibility index (Phi) is 4.17. The summed E-state index contributed by atoms with van der Waals surface area (Å²) in [6, 6.07) is 0. The van der Waals surface area contributed by atoms with Gasteiger partial charge in [0.25, 0.3) is 0 Å². The molecule has 1 rings (SSSR count). The molecule has 3 heteroatoms. The van der Waals surface area contributed by atoms with Crippen LogP contribution in [0.4, 0.5) is 0 Å². The van der Waals surface area contributed by atoms with Gasteiger partial charge < -0.3 is 10.7 Å². The fourth-order valence-corrected chi connectivity index (χ4v) is 2.35. The zero-order valence-corrected chi connectivity index (χ0v) is 10.5. The van der Waals surface area contributed by atoms with Crippen LogP contribution in [-0.2, 0) is 0 Å². The highest BCUT2D eigenvalue weighted by Crippen LogP contribution is 2.32. The first-order valence-electron chi connectivity index (χ1n) is 5.91. The Labute approximate surface area is 93.5 Å². The molecule has 1 heterocycles. The van der Waals surface area contributed by atoms with Crippen molar-refractivity contribution in [2.45, 2.75) is 40.5 Å². The van der Waals surface area contributed by atoms with E-state index < -0.39 is 0 Å². The van der Waals surface area contributed by atoms with E-state index in [1.54, 1.807) is 0 Å². The molecule has 3 nitrogen and oxygen atoms in total. The topological polar surface area (TPSA) is 50.1 Å². The summed E-state index contributed by atoms with van der Waals surface area (Å²) in [6.07, 6.45) is 2.44. The van der Waals surface area contributed by atoms with Crippen LogP contribution in [0.1, 0.15) is 40.5 Å². The van der Waals surface area contributed by atoms with Crippen LogP contribution in [0, 0.1) is 11.3 Å². The quantitative estimate of drug-likeness (QED) is 0.482. The van der Waals surface area contributed by atoms with Gasteiger partial charge in [0.05, 0.1) is 0 Å². The molecular formula is C12H25N3. The van der Waals surface area contributed by atoms with Crippen LogP contribution >= 0.6 is 0 Å². The van der Waals surface area contributed by atoms with Crippen LogP contribution in [0.3, 0.4) is 0 Å². The van der Waals surface area contributed by atoms with Gasteiger partial charge in [0, 0.05) is 17.7 Å². The van der Waals surface area contributed by atoms with Crippen molar-refractivity contribution in [2.75, 3.05) is 13.1 Å². The van der Waals surface area contributed by atoms with E-state index >= 15 is 0 Å². The third kappa shape index (κ3) is 2.95. The van der Waals surface area contributed by atoms with Crippen LogP contribution in [-0.4, -0.2) is 13.1 Å². The van der Waals surface area contributed by atoms with Crippen molar-refractivity contribution < 1.29 is 0 Å². The lowest BCUT2D eigenvalue weighted by atomic mass is 9.81. The lowest BCUT2D eigenvalue weighted by molar-refractivity contribution is 0.400. The second kappa shape index (κ2) is 4.99. The Hall–Kier alpha value is -0.540. The Bertz CT molecular complexity index is 238. The van der Waals surface area contributed by atoms with E-state index in [1.807, 2.05) is 0 Å². The van der Waals surface area contributed by atoms with E-state index in [-0.39, 0.29) is 5.41 Å². The predicted octanol–water partition coefficient (Wildman–Crippen LogP) is 1.77. The van der Waals surface area contributed by atoms with E-state index in [2.05, 4.69) is 38.4 Å². The first kappa shape index (κ1) is 12.5. The second-order valence-corrected chi connectivity index (χ2v) is 5.37. The van der Waals surface area contributed by atoms with Gasteiger partial charge >= 0.3 is 0 Å². The Balaban J connectivity index is 3.00. The normalized spacial score (nSPS) is 26.3. The molecule has 1 fully saturated rings. The molecule has 0 radical (unpaired) electrons. The maximum absolute atomic E-state index is 5.67. The van der Waals surface area contributed by atoms with Crippen molar-refractivity contribution in [3.05, 3.63) is 11.3 Å². The van der Waals surface area contributed by atoms with Gasteiger partial charge in [-0.3, -0.25) is 5.84 Å². The summed E-state index contributed by atoms with van der Waals surface area (Å²) in [6.45, 7) is 11.0. The molecule has 1 saturated heterocycles. The number of hydrazine groups is 1. The van der Waals surface area contributed by atoms with E-state index in [0.29, 0.717) is 5.92 Å². The molecule has 0 aliphatic carbocycles. The molecule has 1 atom stereocenters. The molecule has 0 aromatic carbocycles. The van der Waals surface area contributed by atoms with E-state index in [4.69, 9.17) is 5.84 Å². The average Bonchev–Trinajstić information content (AvgIpc) is 2.17. The highest BCUT2D eigenvalue weighted by Gasteiger charge is 2.26. The second-order valence-electron chi connectivity index (χ2n) is 5.37. The highest BCUT2D eigenvalue weighted by molar-refractivity contribution is 5.23. The zero-order valence-electron chi connectivity index (χ0n) is 10.5. The summed E-state index contributed by atoms with van der Waals surface area (Å²) in [5.74, 6) is 6.36. The Morgan fingerprint density at radius 3 is 2.67 bits per heavy atom. The van der Waals surface area contributed by atoms with Crippen molar-refractivity contribution in [3.63, 3.8) is 0 Å². The number of nitrogens with two attached hydrogens (primary N) is 1. The molecule has 88 valence electrons. The van der Waals surface area contributed by atoms with Gasteiger partial charge in [0.15, 0.2) is 0 Å². The van der Waals surface area contributed by atoms with Crippen LogP contribution in [0.15, 0.2) is 11.3 Å². The van der Waals surface area contributed by atoms with Gasteiger partial charge in [-0.25, -0.2) is 0 Å². The number of rotatable bonds is 2. The first-order valence-corrected chi connectivity index (χ1v) is 5.91. The van der Waals surface area contributed by atoms with Crippen molar-refractivity contribution in [1.29, 1.82) is 0 Å². The van der Waals surface area contributed by atoms with E-state index in [1.165, 1.54) is 24.1 Å². The van der Waals surface area contributed by atoms with Crippen molar-refractivity contribution in [2.24, 2.45) is 17.2 Å². The standard InChI is InChI=1S/C12H25N3/c1-5-9-6-7-14-8-10(9)11(15-13)12(2,3)4/h9,14-15H,5-8,13H2,1-4H3/b11-10-. The third-order valence-corrected chi connectivity index (χ3v) is 3.19. The summed E-state index contributed by atoms with van der Waals surface area (Å²) >= 11 is 0. The molecule has 1 aliphatic heterocycles. The average molecular weight is 211 g/mol. The minimum absolute atomic E-state index is 0.108. The molecule has 0 saturated carbocycles. The van der Waals surface area contributed by atoms with Gasteiger partial charge in [0.2, 0.25) is 0 Å². The lowest BCUT2D eigenvalue weighted by Crippen LogP contribution is -2.38. The number of allylic oxidation sites excluding steroid dienone is 1. The van der Waals surface area contributed by atoms with Crippen LogP contribution in [0.2, 0.25) is 0 Å². The molecule has 4 N–H and O–H groups in total. The Morgan fingerprint density at radius 1 is 1.53 bits per heavy atom. The van der Waals surface area contributed by atoms with Crippen molar-refractivity contribution in [3.8, 4) is 0 Å². The first-order chi connectivity index (χ1) is 7.00. The summed E-state index contributed by atoms with van der Waals surface area (Å²) in [4.78, 5) is 0. The number of hydrogen-bond acceptors (Lipinski definition) is 3. The van der Waals surface area contributed by atoms with Gasteiger partial charge in [-0.05, 0) is 30.9 Å². The highest BCUT2D eigenvalue weighted by atomic mass is 15.2. The molecule has 1 unspecified atom stereocenters. The van der Waals surface area contributed by atoms with Gasteiger partial charge in [0.1, 0.15) is 0 Å². The third-order valence-electron chi connectivity index (χ3n) is 3.19. The predicted molar refractivity (Wildman–Crippen MR) is 65.1 cm³/mol. The minimum atomic E-state index is 0.108. The number of piperidine rings is 1. The molecule has 0 aromatic rings. The monoisotopic (exact) mass is 211 g/mol. The Morgan fingerprint density at radius 2 is 2.20 bits per heavy atom. The molecule has 0 bridgehead atoms. The maximum Gasteiger partial charge on any atom is 0.0320 e. The zero-order chi connectivity index (χ0) is 11.5. The maximum atomic E-state index is 5.67. The molecule has 0 aromatic heterocycles. The van der Waals surface area contributed by atoms with Gasteiger partial charge in [-0.15, -0.1) is 0 Å². The molecule has 1 aliphatic rings. The molecule has 0 amide bonds. The number of hydrogen-bond donors (Lipinski definition) is 3. The summed E-state index contributed by atoms with van der Waals surface area (Å²) in [5, 5.41) is 3.43. The fraction of sp³-hybridized carbons (Fsp3) is 0.833.